The van der Waals surface area contributed by atoms with Gasteiger partial charge in [-0.1, -0.05) is 18.0 Å². The van der Waals surface area contributed by atoms with E-state index in [1.807, 2.05) is 4.57 Å². The van der Waals surface area contributed by atoms with Crippen LogP contribution in [-0.4, -0.2) is 9.55 Å². The van der Waals surface area contributed by atoms with Crippen molar-refractivity contribution in [2.24, 2.45) is 5.92 Å². The molecule has 2 N–H and O–H groups in total. The summed E-state index contributed by atoms with van der Waals surface area (Å²) in [5.41, 5.74) is 7.26. The predicted octanol–water partition coefficient (Wildman–Crippen LogP) is 3.21. The van der Waals surface area contributed by atoms with Crippen LogP contribution >= 0.6 is 11.6 Å². The number of hydrogen-bond donors (Lipinski definition) is 1. The molecule has 0 aliphatic heterocycles. The van der Waals surface area contributed by atoms with Gasteiger partial charge in [-0.2, -0.15) is 0 Å². The summed E-state index contributed by atoms with van der Waals surface area (Å²) in [6.07, 6.45) is 3.74. The number of hydrogen-bond acceptors (Lipinski definition) is 2. The molecule has 1 aliphatic rings. The zero-order valence-corrected chi connectivity index (χ0v) is 10.0. The van der Waals surface area contributed by atoms with Crippen LogP contribution in [0.25, 0.3) is 11.0 Å². The highest BCUT2D eigenvalue weighted by Crippen LogP contribution is 2.31. The minimum Gasteiger partial charge on any atom is -0.369 e. The van der Waals surface area contributed by atoms with Crippen LogP contribution in [0.1, 0.15) is 19.3 Å². The summed E-state index contributed by atoms with van der Waals surface area (Å²) in [4.78, 5) is 4.17. The van der Waals surface area contributed by atoms with Crippen LogP contribution in [-0.2, 0) is 6.54 Å². The summed E-state index contributed by atoms with van der Waals surface area (Å²) in [5, 5.41) is 0.118. The molecule has 0 atom stereocenters. The first-order chi connectivity index (χ1) is 8.15. The SMILES string of the molecule is Nc1nc2cc(F)c(Cl)cc2n1CC1CCC1. The zero-order valence-electron chi connectivity index (χ0n) is 9.29. The Morgan fingerprint density at radius 3 is 2.88 bits per heavy atom. The van der Waals surface area contributed by atoms with Crippen molar-refractivity contribution in [3.8, 4) is 0 Å². The molecule has 0 spiro atoms. The van der Waals surface area contributed by atoms with Gasteiger partial charge in [0.05, 0.1) is 16.1 Å². The molecule has 1 heterocycles. The Kier molecular flexibility index (Phi) is 2.47. The molecule has 1 aromatic heterocycles. The fourth-order valence-corrected chi connectivity index (χ4v) is 2.42. The van der Waals surface area contributed by atoms with E-state index >= 15 is 0 Å². The average molecular weight is 254 g/mol. The molecule has 3 nitrogen and oxygen atoms in total. The van der Waals surface area contributed by atoms with Gasteiger partial charge in [0.2, 0.25) is 5.95 Å². The van der Waals surface area contributed by atoms with E-state index in [0.717, 1.165) is 12.1 Å². The molecule has 1 fully saturated rings. The van der Waals surface area contributed by atoms with Crippen LogP contribution in [0, 0.1) is 11.7 Å². The average Bonchev–Trinajstić information content (AvgIpc) is 2.49. The molecule has 1 aromatic carbocycles. The van der Waals surface area contributed by atoms with Crippen molar-refractivity contribution in [3.05, 3.63) is 23.0 Å². The van der Waals surface area contributed by atoms with Gasteiger partial charge in [-0.15, -0.1) is 0 Å². The highest BCUT2D eigenvalue weighted by Gasteiger charge is 2.20. The Bertz CT molecular complexity index is 575. The van der Waals surface area contributed by atoms with Gasteiger partial charge in [0, 0.05) is 12.6 Å². The van der Waals surface area contributed by atoms with Gasteiger partial charge in [-0.05, 0) is 24.8 Å². The first-order valence-corrected chi connectivity index (χ1v) is 6.13. The second-order valence-corrected chi connectivity index (χ2v) is 5.04. The lowest BCUT2D eigenvalue weighted by Crippen LogP contribution is -2.19. The minimum atomic E-state index is -0.451. The van der Waals surface area contributed by atoms with Crippen LogP contribution in [0.3, 0.4) is 0 Å². The number of rotatable bonds is 2. The lowest BCUT2D eigenvalue weighted by molar-refractivity contribution is 0.281. The summed E-state index contributed by atoms with van der Waals surface area (Å²) >= 11 is 5.80. The Balaban J connectivity index is 2.08. The molecule has 90 valence electrons. The van der Waals surface area contributed by atoms with E-state index in [2.05, 4.69) is 4.98 Å². The molecule has 0 amide bonds. The monoisotopic (exact) mass is 253 g/mol. The number of anilines is 1. The largest absolute Gasteiger partial charge is 0.369 e. The van der Waals surface area contributed by atoms with Crippen molar-refractivity contribution >= 4 is 28.6 Å². The van der Waals surface area contributed by atoms with E-state index < -0.39 is 5.82 Å². The first-order valence-electron chi connectivity index (χ1n) is 5.76. The Labute approximate surface area is 103 Å². The van der Waals surface area contributed by atoms with E-state index in [1.165, 1.54) is 25.3 Å². The molecule has 1 saturated carbocycles. The van der Waals surface area contributed by atoms with Crippen molar-refractivity contribution in [2.45, 2.75) is 25.8 Å². The molecular weight excluding hydrogens is 241 g/mol. The van der Waals surface area contributed by atoms with Crippen molar-refractivity contribution in [1.82, 2.24) is 9.55 Å². The highest BCUT2D eigenvalue weighted by molar-refractivity contribution is 6.31. The minimum absolute atomic E-state index is 0.118. The number of halogens is 2. The maximum Gasteiger partial charge on any atom is 0.201 e. The number of imidazole rings is 1. The number of aromatic nitrogens is 2. The Morgan fingerprint density at radius 1 is 1.47 bits per heavy atom. The second kappa shape index (κ2) is 3.88. The zero-order chi connectivity index (χ0) is 12.0. The lowest BCUT2D eigenvalue weighted by Gasteiger charge is -2.26. The summed E-state index contributed by atoms with van der Waals surface area (Å²) in [5.74, 6) is 0.652. The van der Waals surface area contributed by atoms with Crippen molar-refractivity contribution in [2.75, 3.05) is 5.73 Å². The van der Waals surface area contributed by atoms with Gasteiger partial charge in [-0.3, -0.25) is 0 Å². The van der Waals surface area contributed by atoms with E-state index in [-0.39, 0.29) is 5.02 Å². The molecule has 0 bridgehead atoms. The van der Waals surface area contributed by atoms with Gasteiger partial charge in [0.25, 0.3) is 0 Å². The summed E-state index contributed by atoms with van der Waals surface area (Å²) < 4.78 is 15.2. The van der Waals surface area contributed by atoms with Crippen LogP contribution < -0.4 is 5.73 Å². The van der Waals surface area contributed by atoms with Gasteiger partial charge >= 0.3 is 0 Å². The van der Waals surface area contributed by atoms with Gasteiger partial charge in [-0.25, -0.2) is 9.37 Å². The predicted molar refractivity (Wildman–Crippen MR) is 66.5 cm³/mol. The topological polar surface area (TPSA) is 43.8 Å². The Morgan fingerprint density at radius 2 is 2.24 bits per heavy atom. The molecule has 0 saturated heterocycles. The van der Waals surface area contributed by atoms with Crippen LogP contribution in [0.4, 0.5) is 10.3 Å². The molecular formula is C12H13ClFN3. The third-order valence-corrected chi connectivity index (χ3v) is 3.77. The van der Waals surface area contributed by atoms with E-state index in [9.17, 15) is 4.39 Å². The molecule has 3 rings (SSSR count). The third kappa shape index (κ3) is 1.76. The molecule has 2 aromatic rings. The summed E-state index contributed by atoms with van der Waals surface area (Å²) in [6.45, 7) is 0.851. The second-order valence-electron chi connectivity index (χ2n) is 4.63. The van der Waals surface area contributed by atoms with E-state index in [4.69, 9.17) is 17.3 Å². The maximum atomic E-state index is 13.3. The van der Waals surface area contributed by atoms with Gasteiger partial charge in [0.1, 0.15) is 5.82 Å². The number of benzene rings is 1. The van der Waals surface area contributed by atoms with E-state index in [0.29, 0.717) is 17.4 Å². The van der Waals surface area contributed by atoms with Crippen molar-refractivity contribution in [1.29, 1.82) is 0 Å². The number of nitrogens with two attached hydrogens (primary N) is 1. The van der Waals surface area contributed by atoms with Crippen molar-refractivity contribution < 1.29 is 4.39 Å². The van der Waals surface area contributed by atoms with Gasteiger partial charge < -0.3 is 10.3 Å². The normalized spacial score (nSPS) is 16.4. The molecule has 17 heavy (non-hydrogen) atoms. The standard InChI is InChI=1S/C12H13ClFN3/c13-8-4-11-10(5-9(8)14)16-12(15)17(11)6-7-2-1-3-7/h4-5,7H,1-3,6H2,(H2,15,16). The highest BCUT2D eigenvalue weighted by atomic mass is 35.5. The maximum absolute atomic E-state index is 13.3. The number of fused-ring (bicyclic) bond motifs is 1. The van der Waals surface area contributed by atoms with Crippen LogP contribution in [0.15, 0.2) is 12.1 Å². The fourth-order valence-electron chi connectivity index (χ4n) is 2.26. The number of nitrogens with zero attached hydrogens (tertiary/aromatic N) is 2. The smallest absolute Gasteiger partial charge is 0.201 e. The molecule has 5 heteroatoms. The molecule has 0 radical (unpaired) electrons. The van der Waals surface area contributed by atoms with E-state index in [1.54, 1.807) is 6.07 Å². The van der Waals surface area contributed by atoms with Gasteiger partial charge in [0.15, 0.2) is 0 Å². The van der Waals surface area contributed by atoms with Crippen molar-refractivity contribution in [3.63, 3.8) is 0 Å². The lowest BCUT2D eigenvalue weighted by atomic mass is 9.85. The van der Waals surface area contributed by atoms with Crippen LogP contribution in [0.2, 0.25) is 5.02 Å². The number of nitrogen functional groups attached to an aromatic ring is 1. The Hall–Kier alpha value is -1.29. The first kappa shape index (κ1) is 10.8. The quantitative estimate of drug-likeness (QED) is 0.893. The van der Waals surface area contributed by atoms with Crippen LogP contribution in [0.5, 0.6) is 0 Å². The molecule has 1 aliphatic carbocycles. The third-order valence-electron chi connectivity index (χ3n) is 3.49. The summed E-state index contributed by atoms with van der Waals surface area (Å²) in [6, 6.07) is 2.94. The summed E-state index contributed by atoms with van der Waals surface area (Å²) in [7, 11) is 0. The molecule has 0 unspecified atom stereocenters. The fraction of sp³-hybridized carbons (Fsp3) is 0.417.